The third-order valence-corrected chi connectivity index (χ3v) is 3.39. The SMILES string of the molecule is CCOC(=O)C(=O)C1CCCCC(OC)(OC)C1=O. The number of Topliss-reactive ketones (excluding diaryl/α,β-unsaturated/α-hetero) is 2. The van der Waals surface area contributed by atoms with Crippen LogP contribution in [-0.4, -0.2) is 44.1 Å². The van der Waals surface area contributed by atoms with Crippen molar-refractivity contribution in [3.63, 3.8) is 0 Å². The summed E-state index contributed by atoms with van der Waals surface area (Å²) in [4.78, 5) is 35.8. The highest BCUT2D eigenvalue weighted by Crippen LogP contribution is 2.31. The molecule has 6 heteroatoms. The molecule has 0 spiro atoms. The Morgan fingerprint density at radius 2 is 1.89 bits per heavy atom. The molecule has 108 valence electrons. The monoisotopic (exact) mass is 272 g/mol. The van der Waals surface area contributed by atoms with Gasteiger partial charge >= 0.3 is 5.97 Å². The summed E-state index contributed by atoms with van der Waals surface area (Å²) in [7, 11) is 2.72. The van der Waals surface area contributed by atoms with Crippen molar-refractivity contribution in [2.45, 2.75) is 38.4 Å². The minimum absolute atomic E-state index is 0.102. The van der Waals surface area contributed by atoms with Crippen LogP contribution in [-0.2, 0) is 28.6 Å². The first-order chi connectivity index (χ1) is 9.02. The average Bonchev–Trinajstić information content (AvgIpc) is 2.58. The van der Waals surface area contributed by atoms with Gasteiger partial charge in [-0.2, -0.15) is 0 Å². The second kappa shape index (κ2) is 6.77. The van der Waals surface area contributed by atoms with Crippen molar-refractivity contribution >= 4 is 17.5 Å². The molecule has 1 rings (SSSR count). The van der Waals surface area contributed by atoms with E-state index in [0.29, 0.717) is 25.7 Å². The minimum atomic E-state index is -1.43. The van der Waals surface area contributed by atoms with Gasteiger partial charge in [0.2, 0.25) is 11.6 Å². The summed E-state index contributed by atoms with van der Waals surface area (Å²) < 4.78 is 15.0. The maximum Gasteiger partial charge on any atom is 0.375 e. The van der Waals surface area contributed by atoms with Gasteiger partial charge in [-0.1, -0.05) is 6.42 Å². The lowest BCUT2D eigenvalue weighted by Gasteiger charge is -2.29. The summed E-state index contributed by atoms with van der Waals surface area (Å²) in [6.07, 6.45) is 2.06. The highest BCUT2D eigenvalue weighted by molar-refractivity contribution is 6.38. The van der Waals surface area contributed by atoms with E-state index in [4.69, 9.17) is 9.47 Å². The molecule has 0 aromatic carbocycles. The molecule has 0 aromatic rings. The van der Waals surface area contributed by atoms with Gasteiger partial charge in [-0.15, -0.1) is 0 Å². The van der Waals surface area contributed by atoms with Crippen molar-refractivity contribution in [2.24, 2.45) is 5.92 Å². The molecule has 1 atom stereocenters. The summed E-state index contributed by atoms with van der Waals surface area (Å²) in [5.74, 6) is -4.74. The van der Waals surface area contributed by atoms with E-state index in [9.17, 15) is 14.4 Å². The number of carbonyl (C=O) groups is 3. The summed E-state index contributed by atoms with van der Waals surface area (Å²) in [6, 6.07) is 0. The molecular formula is C13H20O6. The van der Waals surface area contributed by atoms with Gasteiger partial charge in [0, 0.05) is 20.6 Å². The molecule has 1 aliphatic rings. The average molecular weight is 272 g/mol. The van der Waals surface area contributed by atoms with Gasteiger partial charge in [0.1, 0.15) is 0 Å². The van der Waals surface area contributed by atoms with Crippen LogP contribution in [0.2, 0.25) is 0 Å². The van der Waals surface area contributed by atoms with Gasteiger partial charge < -0.3 is 14.2 Å². The molecule has 1 unspecified atom stereocenters. The number of hydrogen-bond donors (Lipinski definition) is 0. The zero-order valence-corrected chi connectivity index (χ0v) is 11.6. The zero-order chi connectivity index (χ0) is 14.5. The van der Waals surface area contributed by atoms with Gasteiger partial charge in [-0.25, -0.2) is 4.79 Å². The van der Waals surface area contributed by atoms with Crippen LogP contribution in [0.25, 0.3) is 0 Å². The normalized spacial score (nSPS) is 22.7. The molecular weight excluding hydrogens is 252 g/mol. The van der Waals surface area contributed by atoms with E-state index in [1.807, 2.05) is 0 Å². The van der Waals surface area contributed by atoms with Gasteiger partial charge in [0.05, 0.1) is 12.5 Å². The second-order valence-electron chi connectivity index (χ2n) is 4.41. The molecule has 0 aliphatic heterocycles. The topological polar surface area (TPSA) is 78.9 Å². The molecule has 19 heavy (non-hydrogen) atoms. The lowest BCUT2D eigenvalue weighted by Crippen LogP contribution is -2.48. The maximum atomic E-state index is 12.4. The van der Waals surface area contributed by atoms with E-state index >= 15 is 0 Å². The first kappa shape index (κ1) is 15.8. The summed E-state index contributed by atoms with van der Waals surface area (Å²) in [5.41, 5.74) is 0. The Bertz CT molecular complexity index is 358. The molecule has 0 N–H and O–H groups in total. The van der Waals surface area contributed by atoms with Crippen LogP contribution in [0.1, 0.15) is 32.6 Å². The van der Waals surface area contributed by atoms with Crippen molar-refractivity contribution in [3.8, 4) is 0 Å². The third-order valence-electron chi connectivity index (χ3n) is 3.39. The van der Waals surface area contributed by atoms with E-state index in [0.717, 1.165) is 0 Å². The Morgan fingerprint density at radius 3 is 2.42 bits per heavy atom. The number of rotatable bonds is 5. The summed E-state index contributed by atoms with van der Waals surface area (Å²) in [5, 5.41) is 0. The van der Waals surface area contributed by atoms with Crippen LogP contribution in [0.15, 0.2) is 0 Å². The van der Waals surface area contributed by atoms with Crippen LogP contribution >= 0.6 is 0 Å². The number of methoxy groups -OCH3 is 2. The molecule has 1 aliphatic carbocycles. The number of ether oxygens (including phenoxy) is 3. The highest BCUT2D eigenvalue weighted by Gasteiger charge is 2.48. The highest BCUT2D eigenvalue weighted by atomic mass is 16.7. The first-order valence-corrected chi connectivity index (χ1v) is 6.38. The molecule has 0 heterocycles. The number of hydrogen-bond acceptors (Lipinski definition) is 6. The van der Waals surface area contributed by atoms with E-state index in [2.05, 4.69) is 4.74 Å². The van der Waals surface area contributed by atoms with Crippen molar-refractivity contribution < 1.29 is 28.6 Å². The molecule has 0 aromatic heterocycles. The quantitative estimate of drug-likeness (QED) is 0.243. The van der Waals surface area contributed by atoms with Crippen molar-refractivity contribution in [1.82, 2.24) is 0 Å². The van der Waals surface area contributed by atoms with Crippen LogP contribution in [0.5, 0.6) is 0 Å². The molecule has 1 saturated carbocycles. The number of esters is 1. The largest absolute Gasteiger partial charge is 0.460 e. The Kier molecular flexibility index (Phi) is 5.62. The van der Waals surface area contributed by atoms with Crippen LogP contribution in [0.4, 0.5) is 0 Å². The number of carbonyl (C=O) groups excluding carboxylic acids is 3. The maximum absolute atomic E-state index is 12.4. The van der Waals surface area contributed by atoms with E-state index in [-0.39, 0.29) is 6.61 Å². The Morgan fingerprint density at radius 1 is 1.26 bits per heavy atom. The van der Waals surface area contributed by atoms with Crippen LogP contribution < -0.4 is 0 Å². The summed E-state index contributed by atoms with van der Waals surface area (Å²) in [6.45, 7) is 1.71. The third kappa shape index (κ3) is 3.19. The van der Waals surface area contributed by atoms with Gasteiger partial charge in [-0.05, 0) is 19.8 Å². The minimum Gasteiger partial charge on any atom is -0.460 e. The Balaban J connectivity index is 2.96. The van der Waals surface area contributed by atoms with Crippen LogP contribution in [0, 0.1) is 5.92 Å². The zero-order valence-electron chi connectivity index (χ0n) is 11.6. The number of ketones is 2. The first-order valence-electron chi connectivity index (χ1n) is 6.38. The molecule has 0 amide bonds. The van der Waals surface area contributed by atoms with Gasteiger partial charge in [0.25, 0.3) is 5.78 Å². The van der Waals surface area contributed by atoms with Crippen molar-refractivity contribution in [2.75, 3.05) is 20.8 Å². The van der Waals surface area contributed by atoms with Crippen molar-refractivity contribution in [1.29, 1.82) is 0 Å². The summed E-state index contributed by atoms with van der Waals surface area (Å²) >= 11 is 0. The van der Waals surface area contributed by atoms with E-state index in [1.54, 1.807) is 6.92 Å². The fourth-order valence-corrected chi connectivity index (χ4v) is 2.31. The van der Waals surface area contributed by atoms with Crippen molar-refractivity contribution in [3.05, 3.63) is 0 Å². The lowest BCUT2D eigenvalue weighted by molar-refractivity contribution is -0.212. The smallest absolute Gasteiger partial charge is 0.375 e. The molecule has 0 saturated heterocycles. The van der Waals surface area contributed by atoms with E-state index in [1.165, 1.54) is 14.2 Å². The fraction of sp³-hybridized carbons (Fsp3) is 0.769. The van der Waals surface area contributed by atoms with Gasteiger partial charge in [0.15, 0.2) is 0 Å². The second-order valence-corrected chi connectivity index (χ2v) is 4.41. The van der Waals surface area contributed by atoms with Gasteiger partial charge in [-0.3, -0.25) is 9.59 Å². The van der Waals surface area contributed by atoms with E-state index < -0.39 is 29.2 Å². The lowest BCUT2D eigenvalue weighted by atomic mass is 9.91. The fourth-order valence-electron chi connectivity index (χ4n) is 2.31. The molecule has 1 fully saturated rings. The molecule has 0 radical (unpaired) electrons. The molecule has 0 bridgehead atoms. The predicted octanol–water partition coefficient (Wildman–Crippen LogP) is 0.867. The predicted molar refractivity (Wildman–Crippen MR) is 65.4 cm³/mol. The Hall–Kier alpha value is -1.27. The molecule has 6 nitrogen and oxygen atoms in total. The standard InChI is InChI=1S/C13H20O6/c1-4-19-12(16)10(14)9-7-5-6-8-13(17-2,18-3)11(9)15/h9H,4-8H2,1-3H3. The van der Waals surface area contributed by atoms with Crippen LogP contribution in [0.3, 0.4) is 0 Å². The Labute approximate surface area is 112 Å².